The Hall–Kier alpha value is -1.94. The van der Waals surface area contributed by atoms with Crippen molar-refractivity contribution in [2.45, 2.75) is 42.4 Å². The number of benzene rings is 3. The molecule has 30 heavy (non-hydrogen) atoms. The monoisotopic (exact) mass is 510 g/mol. The zero-order valence-electron chi connectivity index (χ0n) is 17.5. The summed E-state index contributed by atoms with van der Waals surface area (Å²) in [6.07, 6.45) is 7.13. The van der Waals surface area contributed by atoms with Crippen LogP contribution in [0.3, 0.4) is 0 Å². The molecule has 2 heteroatoms. The first-order valence-electron chi connectivity index (χ1n) is 10.8. The van der Waals surface area contributed by atoms with Gasteiger partial charge in [0.25, 0.3) is 0 Å². The summed E-state index contributed by atoms with van der Waals surface area (Å²) in [6, 6.07) is 22.4. The van der Waals surface area contributed by atoms with Crippen LogP contribution in [0, 0.1) is 11.7 Å². The van der Waals surface area contributed by atoms with Gasteiger partial charge in [0.2, 0.25) is 0 Å². The number of rotatable bonds is 5. The summed E-state index contributed by atoms with van der Waals surface area (Å²) in [5.74, 6) is 1.36. The van der Waals surface area contributed by atoms with Crippen molar-refractivity contribution in [3.63, 3.8) is 0 Å². The number of allylic oxidation sites excluding steroid dienone is 1. The van der Waals surface area contributed by atoms with Crippen LogP contribution in [-0.2, 0) is 0 Å². The van der Waals surface area contributed by atoms with Gasteiger partial charge in [-0.15, -0.1) is 6.58 Å². The highest BCUT2D eigenvalue weighted by Gasteiger charge is 2.19. The molecule has 0 amide bonds. The Balaban J connectivity index is 1.52. The van der Waals surface area contributed by atoms with E-state index < -0.39 is 0 Å². The van der Waals surface area contributed by atoms with Crippen LogP contribution in [-0.4, -0.2) is 0 Å². The average Bonchev–Trinajstić information content (AvgIpc) is 2.79. The predicted octanol–water partition coefficient (Wildman–Crippen LogP) is 9.12. The highest BCUT2D eigenvalue weighted by Crippen LogP contribution is 2.36. The van der Waals surface area contributed by atoms with Crippen molar-refractivity contribution in [2.24, 2.45) is 5.92 Å². The fourth-order valence-corrected chi connectivity index (χ4v) is 4.87. The van der Waals surface area contributed by atoms with E-state index in [1.807, 2.05) is 42.5 Å². The molecule has 1 fully saturated rings. The van der Waals surface area contributed by atoms with E-state index in [0.717, 1.165) is 22.6 Å². The standard InChI is InChI=1S/C28H28FI/c1-3-28(30)24-14-12-23(13-15-24)26-17-16-25(18-27(26)29)22-10-8-21(9-11-22)20-6-4-19(2)5-7-20/h3,8-20,28H,1,4-7H2,2H3. The molecule has 4 rings (SSSR count). The van der Waals surface area contributed by atoms with E-state index in [4.69, 9.17) is 0 Å². The summed E-state index contributed by atoms with van der Waals surface area (Å²) >= 11 is 2.34. The van der Waals surface area contributed by atoms with E-state index in [2.05, 4.69) is 60.4 Å². The third kappa shape index (κ3) is 4.69. The molecule has 1 saturated carbocycles. The fourth-order valence-electron chi connectivity index (χ4n) is 4.45. The second kappa shape index (κ2) is 9.47. The zero-order valence-corrected chi connectivity index (χ0v) is 19.6. The molecule has 0 radical (unpaired) electrons. The summed E-state index contributed by atoms with van der Waals surface area (Å²) in [4.78, 5) is 0. The molecule has 1 atom stereocenters. The molecular formula is C28H28FI. The lowest BCUT2D eigenvalue weighted by Crippen LogP contribution is -2.10. The molecule has 0 saturated heterocycles. The Bertz CT molecular complexity index is 996. The van der Waals surface area contributed by atoms with E-state index in [0.29, 0.717) is 11.5 Å². The van der Waals surface area contributed by atoms with Gasteiger partial charge in [0, 0.05) is 5.56 Å². The van der Waals surface area contributed by atoms with Crippen LogP contribution in [0.15, 0.2) is 79.4 Å². The molecule has 0 aromatic heterocycles. The predicted molar refractivity (Wildman–Crippen MR) is 135 cm³/mol. The van der Waals surface area contributed by atoms with Gasteiger partial charge in [0.1, 0.15) is 5.82 Å². The lowest BCUT2D eigenvalue weighted by atomic mass is 9.79. The molecule has 3 aromatic rings. The topological polar surface area (TPSA) is 0 Å². The molecule has 3 aromatic carbocycles. The summed E-state index contributed by atoms with van der Waals surface area (Å²) in [6.45, 7) is 6.19. The average molecular weight is 510 g/mol. The molecule has 0 N–H and O–H groups in total. The van der Waals surface area contributed by atoms with Crippen molar-refractivity contribution < 1.29 is 4.39 Å². The van der Waals surface area contributed by atoms with Crippen LogP contribution in [0.5, 0.6) is 0 Å². The van der Waals surface area contributed by atoms with Crippen molar-refractivity contribution in [3.05, 3.63) is 96.3 Å². The normalized spacial score (nSPS) is 20.0. The van der Waals surface area contributed by atoms with E-state index in [-0.39, 0.29) is 9.74 Å². The second-order valence-corrected chi connectivity index (χ2v) is 9.87. The molecule has 1 aliphatic rings. The van der Waals surface area contributed by atoms with Gasteiger partial charge in [-0.1, -0.05) is 109 Å². The highest BCUT2D eigenvalue weighted by atomic mass is 127. The fraction of sp³-hybridized carbons (Fsp3) is 0.286. The van der Waals surface area contributed by atoms with E-state index in [9.17, 15) is 4.39 Å². The minimum absolute atomic E-state index is 0.180. The summed E-state index contributed by atoms with van der Waals surface area (Å²) in [5, 5.41) is 0. The Labute approximate surface area is 193 Å². The largest absolute Gasteiger partial charge is 0.206 e. The minimum Gasteiger partial charge on any atom is -0.206 e. The third-order valence-electron chi connectivity index (χ3n) is 6.45. The van der Waals surface area contributed by atoms with Gasteiger partial charge in [0.05, 0.1) is 3.92 Å². The first-order valence-corrected chi connectivity index (χ1v) is 12.1. The van der Waals surface area contributed by atoms with Crippen LogP contribution in [0.2, 0.25) is 0 Å². The van der Waals surface area contributed by atoms with Gasteiger partial charge < -0.3 is 0 Å². The lowest BCUT2D eigenvalue weighted by Gasteiger charge is -2.26. The van der Waals surface area contributed by atoms with Crippen molar-refractivity contribution in [1.82, 2.24) is 0 Å². The Morgan fingerprint density at radius 1 is 0.867 bits per heavy atom. The Morgan fingerprint density at radius 3 is 2.07 bits per heavy atom. The highest BCUT2D eigenvalue weighted by molar-refractivity contribution is 14.1. The smallest absolute Gasteiger partial charge is 0.131 e. The number of halogens is 2. The third-order valence-corrected chi connectivity index (χ3v) is 7.68. The molecule has 0 heterocycles. The van der Waals surface area contributed by atoms with Gasteiger partial charge in [-0.05, 0) is 58.6 Å². The van der Waals surface area contributed by atoms with E-state index >= 15 is 0 Å². The van der Waals surface area contributed by atoms with Crippen LogP contribution in [0.4, 0.5) is 4.39 Å². The van der Waals surface area contributed by atoms with Crippen LogP contribution in [0.1, 0.15) is 53.6 Å². The first kappa shape index (κ1) is 21.3. The van der Waals surface area contributed by atoms with Gasteiger partial charge >= 0.3 is 0 Å². The van der Waals surface area contributed by atoms with Crippen molar-refractivity contribution in [3.8, 4) is 22.3 Å². The zero-order chi connectivity index (χ0) is 21.1. The first-order chi connectivity index (χ1) is 14.5. The Kier molecular flexibility index (Phi) is 6.72. The van der Waals surface area contributed by atoms with Crippen molar-refractivity contribution in [1.29, 1.82) is 0 Å². The maximum Gasteiger partial charge on any atom is 0.131 e. The van der Waals surface area contributed by atoms with Crippen LogP contribution < -0.4 is 0 Å². The minimum atomic E-state index is -0.180. The maximum absolute atomic E-state index is 14.9. The lowest BCUT2D eigenvalue weighted by molar-refractivity contribution is 0.348. The van der Waals surface area contributed by atoms with E-state index in [1.54, 1.807) is 6.07 Å². The molecule has 0 bridgehead atoms. The summed E-state index contributed by atoms with van der Waals surface area (Å²) in [5.41, 5.74) is 6.15. The summed E-state index contributed by atoms with van der Waals surface area (Å²) < 4.78 is 15.2. The van der Waals surface area contributed by atoms with Crippen LogP contribution >= 0.6 is 22.6 Å². The van der Waals surface area contributed by atoms with Crippen LogP contribution in [0.25, 0.3) is 22.3 Å². The number of hydrogen-bond donors (Lipinski definition) is 0. The van der Waals surface area contributed by atoms with Gasteiger partial charge in [-0.25, -0.2) is 4.39 Å². The van der Waals surface area contributed by atoms with Gasteiger partial charge in [0.15, 0.2) is 0 Å². The quantitative estimate of drug-likeness (QED) is 0.182. The van der Waals surface area contributed by atoms with Crippen molar-refractivity contribution >= 4 is 22.6 Å². The molecule has 0 spiro atoms. The number of hydrogen-bond acceptors (Lipinski definition) is 0. The molecular weight excluding hydrogens is 482 g/mol. The molecule has 1 aliphatic carbocycles. The van der Waals surface area contributed by atoms with Gasteiger partial charge in [-0.2, -0.15) is 0 Å². The SMILES string of the molecule is C=CC(I)c1ccc(-c2ccc(-c3ccc(C4CCC(C)CC4)cc3)cc2F)cc1. The molecule has 1 unspecified atom stereocenters. The second-order valence-electron chi connectivity index (χ2n) is 8.53. The van der Waals surface area contributed by atoms with Crippen molar-refractivity contribution in [2.75, 3.05) is 0 Å². The molecule has 0 nitrogen and oxygen atoms in total. The molecule has 154 valence electrons. The van der Waals surface area contributed by atoms with Gasteiger partial charge in [-0.3, -0.25) is 0 Å². The maximum atomic E-state index is 14.9. The molecule has 0 aliphatic heterocycles. The Morgan fingerprint density at radius 2 is 1.47 bits per heavy atom. The number of alkyl halides is 1. The van der Waals surface area contributed by atoms with E-state index in [1.165, 1.54) is 36.8 Å². The summed E-state index contributed by atoms with van der Waals surface area (Å²) in [7, 11) is 0.